The molecule has 7 heteroatoms. The second kappa shape index (κ2) is 7.76. The number of hydrogen-bond donors (Lipinski definition) is 1. The van der Waals surface area contributed by atoms with Crippen LogP contribution in [0.1, 0.15) is 53.7 Å². The Bertz CT molecular complexity index is 1020. The number of likely N-dealkylation sites (tertiary alicyclic amines) is 1. The molecule has 1 atom stereocenters. The second-order valence-electron chi connectivity index (χ2n) is 8.67. The average Bonchev–Trinajstić information content (AvgIpc) is 3.01. The van der Waals surface area contributed by atoms with Crippen LogP contribution in [-0.4, -0.2) is 60.4 Å². The van der Waals surface area contributed by atoms with E-state index < -0.39 is 10.0 Å². The van der Waals surface area contributed by atoms with Crippen molar-refractivity contribution in [2.75, 3.05) is 25.9 Å². The Morgan fingerprint density at radius 2 is 1.79 bits per heavy atom. The Labute approximate surface area is 173 Å². The van der Waals surface area contributed by atoms with Crippen molar-refractivity contribution in [2.24, 2.45) is 5.92 Å². The van der Waals surface area contributed by atoms with Gasteiger partial charge in [0.2, 0.25) is 10.0 Å². The fourth-order valence-electron chi connectivity index (χ4n) is 5.19. The summed E-state index contributed by atoms with van der Waals surface area (Å²) in [5, 5.41) is 1.02. The molecule has 2 fully saturated rings. The number of carbonyl (C=O) groups is 1. The summed E-state index contributed by atoms with van der Waals surface area (Å²) in [4.78, 5) is 18.6. The van der Waals surface area contributed by atoms with Gasteiger partial charge in [-0.3, -0.25) is 4.79 Å². The summed E-state index contributed by atoms with van der Waals surface area (Å²) < 4.78 is 26.1. The van der Waals surface area contributed by atoms with Gasteiger partial charge in [0.25, 0.3) is 5.91 Å². The fourth-order valence-corrected chi connectivity index (χ4v) is 6.42. The number of piperidine rings is 2. The third kappa shape index (κ3) is 3.82. The maximum absolute atomic E-state index is 13.3. The average molecular weight is 418 g/mol. The predicted octanol–water partition coefficient (Wildman–Crippen LogP) is 3.45. The van der Waals surface area contributed by atoms with E-state index in [1.165, 1.54) is 6.26 Å². The summed E-state index contributed by atoms with van der Waals surface area (Å²) in [6.45, 7) is 6.11. The lowest BCUT2D eigenvalue weighted by Gasteiger charge is -2.42. The second-order valence-corrected chi connectivity index (χ2v) is 10.6. The lowest BCUT2D eigenvalue weighted by Crippen LogP contribution is -2.50. The topological polar surface area (TPSA) is 73.5 Å². The third-order valence-corrected chi connectivity index (χ3v) is 8.16. The minimum absolute atomic E-state index is 0.0831. The van der Waals surface area contributed by atoms with Gasteiger partial charge in [-0.25, -0.2) is 8.42 Å². The van der Waals surface area contributed by atoms with Crippen molar-refractivity contribution in [3.8, 4) is 0 Å². The molecule has 1 N–H and O–H groups in total. The number of aryl methyl sites for hydroxylation is 2. The first-order valence-electron chi connectivity index (χ1n) is 10.6. The van der Waals surface area contributed by atoms with E-state index in [4.69, 9.17) is 0 Å². The van der Waals surface area contributed by atoms with Crippen LogP contribution < -0.4 is 0 Å². The molecule has 1 aromatic carbocycles. The summed E-state index contributed by atoms with van der Waals surface area (Å²) in [5.41, 5.74) is 3.99. The molecule has 0 unspecified atom stereocenters. The van der Waals surface area contributed by atoms with Crippen molar-refractivity contribution in [1.82, 2.24) is 14.2 Å². The van der Waals surface area contributed by atoms with Crippen molar-refractivity contribution >= 4 is 26.8 Å². The zero-order chi connectivity index (χ0) is 20.8. The highest BCUT2D eigenvalue weighted by atomic mass is 32.2. The molecule has 0 bridgehead atoms. The van der Waals surface area contributed by atoms with Gasteiger partial charge in [-0.2, -0.15) is 4.31 Å². The van der Waals surface area contributed by atoms with Crippen LogP contribution >= 0.6 is 0 Å². The number of sulfonamides is 1. The predicted molar refractivity (Wildman–Crippen MR) is 116 cm³/mol. The van der Waals surface area contributed by atoms with E-state index in [2.05, 4.69) is 11.9 Å². The first kappa shape index (κ1) is 20.4. The minimum Gasteiger partial charge on any atom is -0.358 e. The maximum Gasteiger partial charge on any atom is 0.254 e. The highest BCUT2D eigenvalue weighted by Gasteiger charge is 2.37. The van der Waals surface area contributed by atoms with E-state index in [-0.39, 0.29) is 11.9 Å². The van der Waals surface area contributed by atoms with Crippen molar-refractivity contribution in [2.45, 2.75) is 52.0 Å². The van der Waals surface area contributed by atoms with E-state index in [1.54, 1.807) is 4.31 Å². The van der Waals surface area contributed by atoms with Crippen LogP contribution in [0.3, 0.4) is 0 Å². The van der Waals surface area contributed by atoms with E-state index in [9.17, 15) is 13.2 Å². The summed E-state index contributed by atoms with van der Waals surface area (Å²) in [7, 11) is -3.17. The molecule has 158 valence electrons. The van der Waals surface area contributed by atoms with Gasteiger partial charge in [-0.1, -0.05) is 12.5 Å². The lowest BCUT2D eigenvalue weighted by atomic mass is 9.84. The van der Waals surface area contributed by atoms with Gasteiger partial charge in [-0.05, 0) is 63.1 Å². The molecular weight excluding hydrogens is 386 g/mol. The maximum atomic E-state index is 13.3. The van der Waals surface area contributed by atoms with Gasteiger partial charge >= 0.3 is 0 Å². The van der Waals surface area contributed by atoms with Crippen LogP contribution in [0.15, 0.2) is 18.2 Å². The molecule has 2 aliphatic rings. The quantitative estimate of drug-likeness (QED) is 0.831. The standard InChI is InChI=1S/C22H31N3O3S/c1-15-16(2)23-19-8-6-7-18(21(15)19)22(26)24-13-10-17(11-14-24)20-9-4-5-12-25(20)29(3,27)28/h6-8,17,20,23H,4-5,9-14H2,1-3H3/t20-/m0/s1. The molecule has 3 heterocycles. The largest absolute Gasteiger partial charge is 0.358 e. The van der Waals surface area contributed by atoms with Crippen LogP contribution in [0.2, 0.25) is 0 Å². The third-order valence-electron chi connectivity index (χ3n) is 6.85. The molecule has 0 spiro atoms. The molecule has 4 rings (SSSR count). The number of hydrogen-bond acceptors (Lipinski definition) is 3. The molecule has 1 aromatic heterocycles. The number of nitrogens with one attached hydrogen (secondary N) is 1. The molecule has 2 aromatic rings. The first-order chi connectivity index (χ1) is 13.8. The van der Waals surface area contributed by atoms with Crippen LogP contribution in [0.5, 0.6) is 0 Å². The van der Waals surface area contributed by atoms with Gasteiger partial charge in [0.15, 0.2) is 0 Å². The number of H-pyrrole nitrogens is 1. The van der Waals surface area contributed by atoms with Crippen LogP contribution in [-0.2, 0) is 10.0 Å². The molecular formula is C22H31N3O3S. The van der Waals surface area contributed by atoms with Crippen molar-refractivity contribution < 1.29 is 13.2 Å². The number of rotatable bonds is 3. The van der Waals surface area contributed by atoms with Crippen LogP contribution in [0.4, 0.5) is 0 Å². The zero-order valence-electron chi connectivity index (χ0n) is 17.6. The Hall–Kier alpha value is -1.86. The number of carbonyl (C=O) groups excluding carboxylic acids is 1. The monoisotopic (exact) mass is 417 g/mol. The number of amides is 1. The Kier molecular flexibility index (Phi) is 5.46. The lowest BCUT2D eigenvalue weighted by molar-refractivity contribution is 0.0622. The first-order valence-corrected chi connectivity index (χ1v) is 12.5. The van der Waals surface area contributed by atoms with Gasteiger partial charge in [0.1, 0.15) is 0 Å². The van der Waals surface area contributed by atoms with Crippen molar-refractivity contribution in [3.63, 3.8) is 0 Å². The number of aromatic nitrogens is 1. The molecule has 2 aliphatic heterocycles. The van der Waals surface area contributed by atoms with Crippen LogP contribution in [0, 0.1) is 19.8 Å². The van der Waals surface area contributed by atoms with E-state index in [0.717, 1.165) is 59.8 Å². The molecule has 0 saturated carbocycles. The number of fused-ring (bicyclic) bond motifs is 1. The summed E-state index contributed by atoms with van der Waals surface area (Å²) in [5.74, 6) is 0.417. The molecule has 6 nitrogen and oxygen atoms in total. The van der Waals surface area contributed by atoms with E-state index >= 15 is 0 Å². The SMILES string of the molecule is Cc1[nH]c2cccc(C(=O)N3CCC([C@@H]4CCCCN4S(C)(=O)=O)CC3)c2c1C. The zero-order valence-corrected chi connectivity index (χ0v) is 18.4. The number of nitrogens with zero attached hydrogens (tertiary/aromatic N) is 2. The number of benzene rings is 1. The smallest absolute Gasteiger partial charge is 0.254 e. The van der Waals surface area contributed by atoms with E-state index in [0.29, 0.717) is 25.6 Å². The Morgan fingerprint density at radius 1 is 1.07 bits per heavy atom. The normalized spacial score (nSPS) is 22.3. The Balaban J connectivity index is 1.49. The summed E-state index contributed by atoms with van der Waals surface area (Å²) in [6.07, 6.45) is 6.02. The van der Waals surface area contributed by atoms with E-state index in [1.807, 2.05) is 30.0 Å². The molecule has 2 saturated heterocycles. The highest BCUT2D eigenvalue weighted by molar-refractivity contribution is 7.88. The Morgan fingerprint density at radius 3 is 2.48 bits per heavy atom. The molecule has 0 aliphatic carbocycles. The summed E-state index contributed by atoms with van der Waals surface area (Å²) in [6, 6.07) is 5.96. The summed E-state index contributed by atoms with van der Waals surface area (Å²) >= 11 is 0. The van der Waals surface area contributed by atoms with Gasteiger partial charge in [0, 0.05) is 47.8 Å². The molecule has 0 radical (unpaired) electrons. The van der Waals surface area contributed by atoms with Crippen LogP contribution in [0.25, 0.3) is 10.9 Å². The number of aromatic amines is 1. The van der Waals surface area contributed by atoms with Crippen molar-refractivity contribution in [1.29, 1.82) is 0 Å². The minimum atomic E-state index is -3.17. The fraction of sp³-hybridized carbons (Fsp3) is 0.591. The van der Waals surface area contributed by atoms with Gasteiger partial charge < -0.3 is 9.88 Å². The van der Waals surface area contributed by atoms with Crippen molar-refractivity contribution in [3.05, 3.63) is 35.0 Å². The van der Waals surface area contributed by atoms with Gasteiger partial charge in [-0.15, -0.1) is 0 Å². The van der Waals surface area contributed by atoms with Gasteiger partial charge in [0.05, 0.1) is 6.26 Å². The highest BCUT2D eigenvalue weighted by Crippen LogP contribution is 2.33. The molecule has 1 amide bonds. The molecule has 29 heavy (non-hydrogen) atoms.